The van der Waals surface area contributed by atoms with E-state index in [4.69, 9.17) is 21.3 Å². The van der Waals surface area contributed by atoms with Crippen molar-refractivity contribution in [3.8, 4) is 0 Å². The first-order valence-corrected chi connectivity index (χ1v) is 7.49. The molecule has 1 saturated heterocycles. The van der Waals surface area contributed by atoms with Crippen molar-refractivity contribution >= 4 is 17.4 Å². The second-order valence-electron chi connectivity index (χ2n) is 5.33. The van der Waals surface area contributed by atoms with Crippen LogP contribution in [0.25, 0.3) is 0 Å². The molecule has 1 aliphatic carbocycles. The fraction of sp³-hybridized carbons (Fsp3) is 0.714. The van der Waals surface area contributed by atoms with Crippen LogP contribution in [0.4, 0.5) is 5.82 Å². The molecule has 2 heterocycles. The molecule has 2 unspecified atom stereocenters. The lowest BCUT2D eigenvalue weighted by atomic mass is 10.1. The third kappa shape index (κ3) is 2.32. The van der Waals surface area contributed by atoms with Gasteiger partial charge in [-0.2, -0.15) is 0 Å². The second-order valence-corrected chi connectivity index (χ2v) is 5.69. The number of morpholine rings is 1. The van der Waals surface area contributed by atoms with Crippen LogP contribution in [0.3, 0.4) is 0 Å². The highest BCUT2D eigenvalue weighted by molar-refractivity contribution is 6.30. The smallest absolute Gasteiger partial charge is 0.137 e. The summed E-state index contributed by atoms with van der Waals surface area (Å²) < 4.78 is 5.86. The summed E-state index contributed by atoms with van der Waals surface area (Å²) in [5, 5.41) is 0.586. The van der Waals surface area contributed by atoms with Crippen LogP contribution in [0.2, 0.25) is 5.15 Å². The maximum absolute atomic E-state index is 6.25. The Hall–Kier alpha value is -0.870. The van der Waals surface area contributed by atoms with Crippen molar-refractivity contribution in [2.75, 3.05) is 18.1 Å². The van der Waals surface area contributed by atoms with Crippen LogP contribution in [-0.4, -0.2) is 35.3 Å². The predicted molar refractivity (Wildman–Crippen MR) is 75.9 cm³/mol. The quantitative estimate of drug-likeness (QED) is 0.782. The Balaban J connectivity index is 1.98. The molecule has 2 aliphatic rings. The first-order chi connectivity index (χ1) is 9.20. The number of anilines is 1. The molecule has 0 bridgehead atoms. The molecule has 19 heavy (non-hydrogen) atoms. The number of aryl methyl sites for hydroxylation is 1. The van der Waals surface area contributed by atoms with E-state index < -0.39 is 0 Å². The van der Waals surface area contributed by atoms with Gasteiger partial charge in [-0.15, -0.1) is 0 Å². The summed E-state index contributed by atoms with van der Waals surface area (Å²) in [6.07, 6.45) is 4.77. The zero-order valence-electron chi connectivity index (χ0n) is 11.5. The van der Waals surface area contributed by atoms with Gasteiger partial charge in [0.2, 0.25) is 0 Å². The Kier molecular flexibility index (Phi) is 3.63. The Morgan fingerprint density at radius 2 is 2.21 bits per heavy atom. The first kappa shape index (κ1) is 13.1. The predicted octanol–water partition coefficient (Wildman–Crippen LogP) is 2.76. The average molecular weight is 282 g/mol. The van der Waals surface area contributed by atoms with Gasteiger partial charge in [-0.25, -0.2) is 9.97 Å². The third-order valence-corrected chi connectivity index (χ3v) is 4.55. The van der Waals surface area contributed by atoms with E-state index in [2.05, 4.69) is 16.8 Å². The minimum absolute atomic E-state index is 0.368. The first-order valence-electron chi connectivity index (χ1n) is 7.12. The lowest BCUT2D eigenvalue weighted by molar-refractivity contribution is 0.0252. The van der Waals surface area contributed by atoms with Gasteiger partial charge in [0.25, 0.3) is 0 Å². The van der Waals surface area contributed by atoms with Crippen LogP contribution in [0.5, 0.6) is 0 Å². The minimum atomic E-state index is 0.368. The van der Waals surface area contributed by atoms with Gasteiger partial charge in [-0.3, -0.25) is 0 Å². The Morgan fingerprint density at radius 3 is 3.00 bits per heavy atom. The number of nitrogens with zero attached hydrogens (tertiary/aromatic N) is 3. The largest absolute Gasteiger partial charge is 0.374 e. The molecule has 1 aliphatic heterocycles. The molecule has 5 heteroatoms. The summed E-state index contributed by atoms with van der Waals surface area (Å²) in [6.45, 7) is 5.75. The molecule has 0 radical (unpaired) electrons. The molecule has 0 spiro atoms. The lowest BCUT2D eigenvalue weighted by Gasteiger charge is -2.39. The number of hydrogen-bond acceptors (Lipinski definition) is 4. The van der Waals surface area contributed by atoms with Crippen molar-refractivity contribution < 1.29 is 4.74 Å². The monoisotopic (exact) mass is 281 g/mol. The molecule has 1 aromatic rings. The highest BCUT2D eigenvalue weighted by Crippen LogP contribution is 2.34. The van der Waals surface area contributed by atoms with Crippen molar-refractivity contribution in [1.29, 1.82) is 0 Å². The van der Waals surface area contributed by atoms with Crippen molar-refractivity contribution in [3.63, 3.8) is 0 Å². The van der Waals surface area contributed by atoms with Gasteiger partial charge in [0.1, 0.15) is 16.8 Å². The van der Waals surface area contributed by atoms with Crippen LogP contribution in [0.15, 0.2) is 0 Å². The fourth-order valence-corrected chi connectivity index (χ4v) is 3.33. The Morgan fingerprint density at radius 1 is 1.37 bits per heavy atom. The van der Waals surface area contributed by atoms with Gasteiger partial charge >= 0.3 is 0 Å². The molecule has 1 saturated carbocycles. The number of halogens is 1. The second kappa shape index (κ2) is 5.25. The van der Waals surface area contributed by atoms with Crippen molar-refractivity contribution in [3.05, 3.63) is 16.5 Å². The molecule has 104 valence electrons. The number of aromatic nitrogens is 2. The topological polar surface area (TPSA) is 38.2 Å². The average Bonchev–Trinajstić information content (AvgIpc) is 2.90. The van der Waals surface area contributed by atoms with Crippen molar-refractivity contribution in [2.24, 2.45) is 0 Å². The highest BCUT2D eigenvalue weighted by atomic mass is 35.5. The van der Waals surface area contributed by atoms with E-state index >= 15 is 0 Å². The van der Waals surface area contributed by atoms with E-state index in [1.807, 2.05) is 6.92 Å². The summed E-state index contributed by atoms with van der Waals surface area (Å²) >= 11 is 6.25. The van der Waals surface area contributed by atoms with E-state index in [1.165, 1.54) is 19.3 Å². The van der Waals surface area contributed by atoms with Gasteiger partial charge in [0.15, 0.2) is 0 Å². The normalized spacial score (nSPS) is 26.6. The Bertz CT molecular complexity index is 480. The molecule has 0 N–H and O–H groups in total. The van der Waals surface area contributed by atoms with Crippen LogP contribution in [-0.2, 0) is 11.2 Å². The third-order valence-electron chi connectivity index (χ3n) is 4.18. The number of hydrogen-bond donors (Lipinski definition) is 0. The van der Waals surface area contributed by atoms with Gasteiger partial charge in [0, 0.05) is 18.5 Å². The van der Waals surface area contributed by atoms with Crippen LogP contribution in [0, 0.1) is 6.92 Å². The van der Waals surface area contributed by atoms with Gasteiger partial charge < -0.3 is 9.64 Å². The number of ether oxygens (including phenoxy) is 1. The lowest BCUT2D eigenvalue weighted by Crippen LogP contribution is -2.49. The molecule has 1 aromatic heterocycles. The summed E-state index contributed by atoms with van der Waals surface area (Å²) in [5.41, 5.74) is 0.992. The van der Waals surface area contributed by atoms with Gasteiger partial charge in [-0.1, -0.05) is 18.5 Å². The van der Waals surface area contributed by atoms with Crippen LogP contribution in [0.1, 0.15) is 37.6 Å². The maximum Gasteiger partial charge on any atom is 0.137 e. The summed E-state index contributed by atoms with van der Waals surface area (Å²) in [6, 6.07) is 0.461. The number of fused-ring (bicyclic) bond motifs is 1. The molecule has 0 amide bonds. The van der Waals surface area contributed by atoms with Crippen molar-refractivity contribution in [2.45, 2.75) is 51.7 Å². The minimum Gasteiger partial charge on any atom is -0.374 e. The highest BCUT2D eigenvalue weighted by Gasteiger charge is 2.37. The summed E-state index contributed by atoms with van der Waals surface area (Å²) in [4.78, 5) is 11.4. The van der Waals surface area contributed by atoms with Crippen LogP contribution >= 0.6 is 11.6 Å². The van der Waals surface area contributed by atoms with Crippen LogP contribution < -0.4 is 4.90 Å². The molecular formula is C14H20ClN3O. The molecule has 2 fully saturated rings. The summed E-state index contributed by atoms with van der Waals surface area (Å²) in [5.74, 6) is 1.84. The molecular weight excluding hydrogens is 262 g/mol. The van der Waals surface area contributed by atoms with E-state index in [-0.39, 0.29) is 0 Å². The molecule has 2 atom stereocenters. The number of rotatable bonds is 2. The maximum atomic E-state index is 6.25. The molecule has 0 aromatic carbocycles. The zero-order chi connectivity index (χ0) is 13.4. The SMILES string of the molecule is CCc1nc(Cl)c(C)c(N2CCOC3CCCC32)n1. The van der Waals surface area contributed by atoms with E-state index in [0.29, 0.717) is 17.3 Å². The standard InChI is InChI=1S/C14H20ClN3O/c1-3-12-16-13(15)9(2)14(17-12)18-7-8-19-11-6-4-5-10(11)18/h10-11H,3-8H2,1-2H3. The van der Waals surface area contributed by atoms with Gasteiger partial charge in [-0.05, 0) is 26.2 Å². The van der Waals surface area contributed by atoms with E-state index in [0.717, 1.165) is 36.8 Å². The summed E-state index contributed by atoms with van der Waals surface area (Å²) in [7, 11) is 0. The van der Waals surface area contributed by atoms with E-state index in [9.17, 15) is 0 Å². The Labute approximate surface area is 119 Å². The fourth-order valence-electron chi connectivity index (χ4n) is 3.15. The molecule has 4 nitrogen and oxygen atoms in total. The van der Waals surface area contributed by atoms with E-state index in [1.54, 1.807) is 0 Å². The van der Waals surface area contributed by atoms with Gasteiger partial charge in [0.05, 0.1) is 18.8 Å². The van der Waals surface area contributed by atoms with Crippen molar-refractivity contribution in [1.82, 2.24) is 9.97 Å². The molecule has 3 rings (SSSR count). The zero-order valence-corrected chi connectivity index (χ0v) is 12.3.